The average Bonchev–Trinajstić information content (AvgIpc) is 3.07. The quantitative estimate of drug-likeness (QED) is 0.564. The lowest BCUT2D eigenvalue weighted by Crippen LogP contribution is -1.99. The third-order valence-corrected chi connectivity index (χ3v) is 3.88. The number of nitrogens with zero attached hydrogens (tertiary/aromatic N) is 2. The van der Waals surface area contributed by atoms with E-state index in [9.17, 15) is 0 Å². The Morgan fingerprint density at radius 1 is 0.909 bits per heavy atom. The first-order valence-electron chi connectivity index (χ1n) is 8.00. The molecule has 3 heteroatoms. The number of benzene rings is 2. The second-order valence-corrected chi connectivity index (χ2v) is 5.54. The van der Waals surface area contributed by atoms with E-state index in [1.54, 1.807) is 0 Å². The normalized spacial score (nSPS) is 10.9. The number of hydrogen-bond donors (Lipinski definition) is 0. The molecule has 0 spiro atoms. The average molecular weight is 294 g/mol. The molecule has 3 rings (SSSR count). The minimum absolute atomic E-state index is 0.791. The molecule has 1 heterocycles. The van der Waals surface area contributed by atoms with Crippen LogP contribution in [0.3, 0.4) is 0 Å². The highest BCUT2D eigenvalue weighted by Gasteiger charge is 2.00. The van der Waals surface area contributed by atoms with E-state index < -0.39 is 0 Å². The molecule has 2 aromatic carbocycles. The summed E-state index contributed by atoms with van der Waals surface area (Å²) in [5.74, 6) is 0.997. The largest absolute Gasteiger partial charge is 0.493 e. The zero-order chi connectivity index (χ0) is 15.0. The Labute approximate surface area is 131 Å². The molecule has 0 saturated carbocycles. The highest BCUT2D eigenvalue weighted by molar-refractivity contribution is 5.88. The van der Waals surface area contributed by atoms with Crippen LogP contribution in [0.1, 0.15) is 25.7 Å². The van der Waals surface area contributed by atoms with Crippen LogP contribution in [0.2, 0.25) is 0 Å². The molecule has 114 valence electrons. The number of hydrogen-bond acceptors (Lipinski definition) is 2. The van der Waals surface area contributed by atoms with Crippen LogP contribution in [0.5, 0.6) is 5.75 Å². The fourth-order valence-electron chi connectivity index (χ4n) is 2.67. The summed E-state index contributed by atoms with van der Waals surface area (Å²) in [7, 11) is 0. The summed E-state index contributed by atoms with van der Waals surface area (Å²) < 4.78 is 8.09. The molecule has 0 unspecified atom stereocenters. The third-order valence-electron chi connectivity index (χ3n) is 3.88. The van der Waals surface area contributed by atoms with Gasteiger partial charge in [0.2, 0.25) is 0 Å². The van der Waals surface area contributed by atoms with Crippen molar-refractivity contribution in [2.24, 2.45) is 0 Å². The van der Waals surface area contributed by atoms with Crippen molar-refractivity contribution >= 4 is 10.8 Å². The van der Waals surface area contributed by atoms with Gasteiger partial charge in [-0.25, -0.2) is 4.98 Å². The third kappa shape index (κ3) is 3.88. The number of imidazole rings is 1. The van der Waals surface area contributed by atoms with E-state index in [0.717, 1.165) is 25.3 Å². The number of rotatable bonds is 8. The van der Waals surface area contributed by atoms with Crippen LogP contribution >= 0.6 is 0 Å². The summed E-state index contributed by atoms with van der Waals surface area (Å²) in [5.41, 5.74) is 0. The molecule has 3 aromatic rings. The van der Waals surface area contributed by atoms with Crippen LogP contribution in [0, 0.1) is 0 Å². The summed E-state index contributed by atoms with van der Waals surface area (Å²) in [6, 6.07) is 14.6. The molecule has 3 nitrogen and oxygen atoms in total. The van der Waals surface area contributed by atoms with Crippen molar-refractivity contribution < 1.29 is 4.74 Å². The summed E-state index contributed by atoms with van der Waals surface area (Å²) in [5, 5.41) is 2.44. The number of unbranched alkanes of at least 4 members (excludes halogenated alkanes) is 3. The van der Waals surface area contributed by atoms with Crippen molar-refractivity contribution in [3.05, 3.63) is 61.2 Å². The maximum Gasteiger partial charge on any atom is 0.127 e. The summed E-state index contributed by atoms with van der Waals surface area (Å²) in [6.07, 6.45) is 10.5. The Bertz CT molecular complexity index is 686. The van der Waals surface area contributed by atoms with Gasteiger partial charge in [0, 0.05) is 24.3 Å². The highest BCUT2D eigenvalue weighted by atomic mass is 16.5. The minimum atomic E-state index is 0.791. The van der Waals surface area contributed by atoms with Crippen molar-refractivity contribution in [3.63, 3.8) is 0 Å². The lowest BCUT2D eigenvalue weighted by Gasteiger charge is -2.09. The minimum Gasteiger partial charge on any atom is -0.493 e. The second-order valence-electron chi connectivity index (χ2n) is 5.54. The van der Waals surface area contributed by atoms with Crippen LogP contribution in [0.4, 0.5) is 0 Å². The van der Waals surface area contributed by atoms with Crippen LogP contribution in [-0.2, 0) is 6.54 Å². The Morgan fingerprint density at radius 3 is 2.68 bits per heavy atom. The molecule has 0 bridgehead atoms. The monoisotopic (exact) mass is 294 g/mol. The maximum atomic E-state index is 5.96. The van der Waals surface area contributed by atoms with Crippen molar-refractivity contribution in [2.75, 3.05) is 6.61 Å². The van der Waals surface area contributed by atoms with E-state index in [0.29, 0.717) is 0 Å². The molecule has 0 aliphatic carbocycles. The molecular weight excluding hydrogens is 272 g/mol. The van der Waals surface area contributed by atoms with E-state index in [-0.39, 0.29) is 0 Å². The van der Waals surface area contributed by atoms with Gasteiger partial charge in [-0.1, -0.05) is 49.2 Å². The Hall–Kier alpha value is -2.29. The first kappa shape index (κ1) is 14.6. The molecule has 0 radical (unpaired) electrons. The fraction of sp³-hybridized carbons (Fsp3) is 0.316. The lowest BCUT2D eigenvalue weighted by molar-refractivity contribution is 0.307. The van der Waals surface area contributed by atoms with E-state index >= 15 is 0 Å². The zero-order valence-electron chi connectivity index (χ0n) is 12.8. The number of ether oxygens (including phenoxy) is 1. The van der Waals surface area contributed by atoms with Crippen LogP contribution in [0.15, 0.2) is 61.2 Å². The number of fused-ring (bicyclic) bond motifs is 1. The van der Waals surface area contributed by atoms with Crippen molar-refractivity contribution in [1.82, 2.24) is 9.55 Å². The first-order valence-corrected chi connectivity index (χ1v) is 8.00. The van der Waals surface area contributed by atoms with Gasteiger partial charge in [0.25, 0.3) is 0 Å². The number of aromatic nitrogens is 2. The van der Waals surface area contributed by atoms with Crippen LogP contribution < -0.4 is 4.74 Å². The van der Waals surface area contributed by atoms with Crippen molar-refractivity contribution in [3.8, 4) is 5.75 Å². The SMILES string of the molecule is c1ccc2c(OCCCCCCn3ccnc3)cccc2c1. The molecule has 0 N–H and O–H groups in total. The van der Waals surface area contributed by atoms with Gasteiger partial charge in [0.15, 0.2) is 0 Å². The fourth-order valence-corrected chi connectivity index (χ4v) is 2.67. The standard InChI is InChI=1S/C19H22N2O/c1(5-13-21-14-12-20-16-21)2-6-15-22-19-11-7-9-17-8-3-4-10-18(17)19/h3-4,7-12,14,16H,1-2,5-6,13,15H2. The van der Waals surface area contributed by atoms with E-state index in [1.807, 2.05) is 18.7 Å². The van der Waals surface area contributed by atoms with Gasteiger partial charge in [-0.3, -0.25) is 0 Å². The van der Waals surface area contributed by atoms with Gasteiger partial charge in [0.05, 0.1) is 12.9 Å². The topological polar surface area (TPSA) is 27.1 Å². The lowest BCUT2D eigenvalue weighted by atomic mass is 10.1. The van der Waals surface area contributed by atoms with Gasteiger partial charge in [-0.05, 0) is 24.3 Å². The summed E-state index contributed by atoms with van der Waals surface area (Å²) in [6.45, 7) is 1.85. The maximum absolute atomic E-state index is 5.96. The molecule has 0 atom stereocenters. The smallest absolute Gasteiger partial charge is 0.127 e. The predicted molar refractivity (Wildman–Crippen MR) is 90.1 cm³/mol. The van der Waals surface area contributed by atoms with Gasteiger partial charge in [0.1, 0.15) is 5.75 Å². The van der Waals surface area contributed by atoms with E-state index in [1.165, 1.54) is 30.0 Å². The summed E-state index contributed by atoms with van der Waals surface area (Å²) >= 11 is 0. The van der Waals surface area contributed by atoms with Gasteiger partial charge < -0.3 is 9.30 Å². The first-order chi connectivity index (χ1) is 10.9. The zero-order valence-corrected chi connectivity index (χ0v) is 12.8. The molecule has 0 fully saturated rings. The summed E-state index contributed by atoms with van der Waals surface area (Å²) in [4.78, 5) is 4.05. The highest BCUT2D eigenvalue weighted by Crippen LogP contribution is 2.25. The molecule has 0 aliphatic rings. The van der Waals surface area contributed by atoms with E-state index in [2.05, 4.69) is 52.0 Å². The van der Waals surface area contributed by atoms with E-state index in [4.69, 9.17) is 4.74 Å². The van der Waals surface area contributed by atoms with Crippen LogP contribution in [-0.4, -0.2) is 16.2 Å². The molecule has 0 amide bonds. The number of aryl methyl sites for hydroxylation is 1. The molecule has 22 heavy (non-hydrogen) atoms. The second kappa shape index (κ2) is 7.64. The molecule has 0 saturated heterocycles. The Balaban J connectivity index is 1.37. The Kier molecular flexibility index (Phi) is 5.09. The molecule has 0 aliphatic heterocycles. The molecular formula is C19H22N2O. The van der Waals surface area contributed by atoms with Crippen molar-refractivity contribution in [1.29, 1.82) is 0 Å². The van der Waals surface area contributed by atoms with Gasteiger partial charge in [-0.2, -0.15) is 0 Å². The predicted octanol–water partition coefficient (Wildman–Crippen LogP) is 4.68. The van der Waals surface area contributed by atoms with Gasteiger partial charge >= 0.3 is 0 Å². The van der Waals surface area contributed by atoms with Gasteiger partial charge in [-0.15, -0.1) is 0 Å². The Morgan fingerprint density at radius 2 is 1.77 bits per heavy atom. The van der Waals surface area contributed by atoms with Crippen molar-refractivity contribution in [2.45, 2.75) is 32.2 Å². The van der Waals surface area contributed by atoms with Crippen LogP contribution in [0.25, 0.3) is 10.8 Å². The molecule has 1 aromatic heterocycles.